The van der Waals surface area contributed by atoms with E-state index in [1.165, 1.54) is 0 Å². The molecular weight excluding hydrogens is 190 g/mol. The molecule has 1 aromatic carbocycles. The van der Waals surface area contributed by atoms with Crippen molar-refractivity contribution in [3.05, 3.63) is 23.8 Å². The number of fused-ring (bicyclic) bond motifs is 1. The first-order chi connectivity index (χ1) is 7.08. The highest BCUT2D eigenvalue weighted by molar-refractivity contribution is 5.98. The molecule has 0 aliphatic carbocycles. The Balaban J connectivity index is 2.34. The number of likely N-dealkylation sites (N-methyl/N-ethyl adjacent to an activating group) is 1. The number of nitrogens with zero attached hydrogens (tertiary/aromatic N) is 1. The molecule has 0 spiro atoms. The van der Waals surface area contributed by atoms with Crippen LogP contribution in [0.1, 0.15) is 5.56 Å². The summed E-state index contributed by atoms with van der Waals surface area (Å²) < 4.78 is 0. The molecule has 1 atom stereocenters. The van der Waals surface area contributed by atoms with Gasteiger partial charge in [0.1, 0.15) is 0 Å². The number of nitrogens with one attached hydrogen (secondary N) is 2. The van der Waals surface area contributed by atoms with Crippen molar-refractivity contribution in [2.24, 2.45) is 0 Å². The monoisotopic (exact) mass is 204 g/mol. The van der Waals surface area contributed by atoms with Gasteiger partial charge in [-0.15, -0.1) is 0 Å². The number of hydrogen-bond acceptors (Lipinski definition) is 2. The molecule has 0 fully saturated rings. The smallest absolute Gasteiger partial charge is 0.242 e. The van der Waals surface area contributed by atoms with Gasteiger partial charge in [0.2, 0.25) is 5.91 Å². The highest BCUT2D eigenvalue weighted by Gasteiger charge is 2.27. The van der Waals surface area contributed by atoms with Gasteiger partial charge < -0.3 is 11.1 Å². The number of amides is 1. The van der Waals surface area contributed by atoms with Crippen molar-refractivity contribution < 1.29 is 4.79 Å². The van der Waals surface area contributed by atoms with E-state index >= 15 is 0 Å². The number of benzene rings is 1. The lowest BCUT2D eigenvalue weighted by Gasteiger charge is -2.29. The Bertz CT molecular complexity index is 401. The summed E-state index contributed by atoms with van der Waals surface area (Å²) in [6.45, 7) is 0. The Hall–Kier alpha value is -1.55. The summed E-state index contributed by atoms with van der Waals surface area (Å²) >= 11 is 0. The minimum Gasteiger partial charge on any atom is -0.324 e. The van der Waals surface area contributed by atoms with E-state index in [9.17, 15) is 4.79 Å². The Morgan fingerprint density at radius 3 is 2.87 bits per heavy atom. The van der Waals surface area contributed by atoms with Crippen molar-refractivity contribution in [2.75, 3.05) is 19.4 Å². The second kappa shape index (κ2) is 3.55. The molecule has 0 saturated carbocycles. The van der Waals surface area contributed by atoms with Gasteiger partial charge >= 0.3 is 0 Å². The fourth-order valence-electron chi connectivity index (χ4n) is 1.80. The topological polar surface area (TPSA) is 56.1 Å². The average Bonchev–Trinajstić information content (AvgIpc) is 2.15. The van der Waals surface area contributed by atoms with Gasteiger partial charge in [-0.2, -0.15) is 0 Å². The van der Waals surface area contributed by atoms with E-state index < -0.39 is 0 Å². The molecule has 2 N–H and O–H groups in total. The number of anilines is 1. The highest BCUT2D eigenvalue weighted by atomic mass is 16.2. The summed E-state index contributed by atoms with van der Waals surface area (Å²) in [6, 6.07) is 5.25. The molecule has 15 heavy (non-hydrogen) atoms. The second-order valence-electron chi connectivity index (χ2n) is 4.04. The summed E-state index contributed by atoms with van der Waals surface area (Å²) in [5.74, 6) is 0.0121. The lowest BCUT2D eigenvalue weighted by molar-refractivity contribution is -0.120. The molecule has 79 valence electrons. The maximum Gasteiger partial charge on any atom is 0.242 e. The molecule has 2 rings (SSSR count). The van der Waals surface area contributed by atoms with Crippen LogP contribution < -0.4 is 11.1 Å². The van der Waals surface area contributed by atoms with Crippen LogP contribution in [0, 0.1) is 0 Å². The molecule has 1 aliphatic rings. The number of carbonyl (C=O) groups excluding carboxylic acids is 1. The highest BCUT2D eigenvalue weighted by Crippen LogP contribution is 2.26. The molecule has 1 heterocycles. The predicted octanol–water partition coefficient (Wildman–Crippen LogP) is 1.03. The summed E-state index contributed by atoms with van der Waals surface area (Å²) in [5, 5.41) is 2.83. The third-order valence-corrected chi connectivity index (χ3v) is 2.71. The van der Waals surface area contributed by atoms with Gasteiger partial charge in [0.15, 0.2) is 0 Å². The summed E-state index contributed by atoms with van der Waals surface area (Å²) in [6.07, 6.45) is 0.717. The standard InChI is InChI=1S/C11H14N3O/c1-14(2)10-5-7-3-4-8(12)6-9(7)13-11(10)15/h3-4,6,10,12H,5H2,1-2H3,(H,13,15). The quantitative estimate of drug-likeness (QED) is 0.742. The fraction of sp³-hybridized carbons (Fsp3) is 0.364. The first-order valence-corrected chi connectivity index (χ1v) is 4.90. The van der Waals surface area contributed by atoms with Crippen molar-refractivity contribution >= 4 is 17.3 Å². The van der Waals surface area contributed by atoms with Crippen molar-refractivity contribution in [1.29, 1.82) is 0 Å². The molecule has 0 aromatic heterocycles. The van der Waals surface area contributed by atoms with Crippen LogP contribution in [0.5, 0.6) is 0 Å². The van der Waals surface area contributed by atoms with Crippen molar-refractivity contribution in [3.8, 4) is 0 Å². The molecule has 1 aromatic rings. The third kappa shape index (κ3) is 1.80. The Morgan fingerprint density at radius 1 is 1.47 bits per heavy atom. The van der Waals surface area contributed by atoms with Gasteiger partial charge in [0.25, 0.3) is 0 Å². The van der Waals surface area contributed by atoms with E-state index in [4.69, 9.17) is 5.73 Å². The van der Waals surface area contributed by atoms with E-state index in [-0.39, 0.29) is 11.9 Å². The Kier molecular flexibility index (Phi) is 2.36. The largest absolute Gasteiger partial charge is 0.324 e. The first kappa shape index (κ1) is 9.98. The molecule has 0 saturated heterocycles. The normalized spacial score (nSPS) is 19.9. The zero-order valence-corrected chi connectivity index (χ0v) is 8.87. The third-order valence-electron chi connectivity index (χ3n) is 2.71. The minimum atomic E-state index is -0.103. The molecule has 1 aliphatic heterocycles. The second-order valence-corrected chi connectivity index (χ2v) is 4.04. The zero-order valence-electron chi connectivity index (χ0n) is 8.87. The summed E-state index contributed by atoms with van der Waals surface area (Å²) in [7, 11) is 3.79. The van der Waals surface area contributed by atoms with E-state index in [0.717, 1.165) is 11.3 Å². The zero-order chi connectivity index (χ0) is 11.0. The summed E-state index contributed by atoms with van der Waals surface area (Å²) in [5.41, 5.74) is 9.79. The van der Waals surface area contributed by atoms with E-state index in [1.54, 1.807) is 12.1 Å². The first-order valence-electron chi connectivity index (χ1n) is 4.90. The van der Waals surface area contributed by atoms with Crippen LogP contribution in [0.15, 0.2) is 18.2 Å². The van der Waals surface area contributed by atoms with E-state index in [1.807, 2.05) is 25.1 Å². The van der Waals surface area contributed by atoms with Gasteiger partial charge in [-0.05, 0) is 38.2 Å². The predicted molar refractivity (Wildman–Crippen MR) is 59.0 cm³/mol. The maximum absolute atomic E-state index is 11.7. The number of carbonyl (C=O) groups is 1. The molecule has 0 bridgehead atoms. The van der Waals surface area contributed by atoms with Gasteiger partial charge in [-0.3, -0.25) is 9.69 Å². The molecule has 4 heteroatoms. The van der Waals surface area contributed by atoms with E-state index in [0.29, 0.717) is 12.1 Å². The fourth-order valence-corrected chi connectivity index (χ4v) is 1.80. The van der Waals surface area contributed by atoms with Crippen LogP contribution in [0.3, 0.4) is 0 Å². The molecule has 1 unspecified atom stereocenters. The SMILES string of the molecule is CN(C)C1Cc2ccc([NH])cc2NC1=O. The van der Waals surface area contributed by atoms with Crippen molar-refractivity contribution in [1.82, 2.24) is 10.6 Å². The van der Waals surface area contributed by atoms with E-state index in [2.05, 4.69) is 5.32 Å². The lowest BCUT2D eigenvalue weighted by Crippen LogP contribution is -2.44. The van der Waals surface area contributed by atoms with Gasteiger partial charge in [-0.25, -0.2) is 0 Å². The van der Waals surface area contributed by atoms with Crippen molar-refractivity contribution in [2.45, 2.75) is 12.5 Å². The van der Waals surface area contributed by atoms with Gasteiger partial charge in [0.05, 0.1) is 11.7 Å². The van der Waals surface area contributed by atoms with Crippen LogP contribution in [-0.2, 0) is 11.2 Å². The molecule has 1 amide bonds. The van der Waals surface area contributed by atoms with Crippen LogP contribution in [0.25, 0.3) is 0 Å². The average molecular weight is 204 g/mol. The number of hydrogen-bond donors (Lipinski definition) is 1. The van der Waals surface area contributed by atoms with Crippen LogP contribution in [0.4, 0.5) is 11.4 Å². The van der Waals surface area contributed by atoms with Crippen LogP contribution >= 0.6 is 0 Å². The molecule has 1 radical (unpaired) electrons. The number of rotatable bonds is 1. The van der Waals surface area contributed by atoms with Crippen molar-refractivity contribution in [3.63, 3.8) is 0 Å². The maximum atomic E-state index is 11.7. The van der Waals surface area contributed by atoms with Gasteiger partial charge in [0, 0.05) is 5.69 Å². The van der Waals surface area contributed by atoms with Crippen LogP contribution in [0.2, 0.25) is 0 Å². The molecular formula is C11H14N3O. The lowest BCUT2D eigenvalue weighted by atomic mass is 9.98. The van der Waals surface area contributed by atoms with Gasteiger partial charge in [-0.1, -0.05) is 6.07 Å². The Morgan fingerprint density at radius 2 is 2.20 bits per heavy atom. The molecule has 4 nitrogen and oxygen atoms in total. The minimum absolute atomic E-state index is 0.0121. The summed E-state index contributed by atoms with van der Waals surface area (Å²) in [4.78, 5) is 13.6. The Labute approximate surface area is 89.1 Å². The van der Waals surface area contributed by atoms with Crippen LogP contribution in [-0.4, -0.2) is 30.9 Å².